The fraction of sp³-hybridized carbons (Fsp3) is 0.304. The van der Waals surface area contributed by atoms with Crippen LogP contribution in [0, 0.1) is 0 Å². The SMILES string of the molecule is COc1ccc(S(=O)(=O)N2CCC[C@H](c3nc4c(nnn4Cc4ccccc4)c(=O)[nH]3)C2)cc1. The molecular formula is C23H24N6O4S. The first kappa shape index (κ1) is 22.2. The van der Waals surface area contributed by atoms with Crippen molar-refractivity contribution in [3.8, 4) is 5.75 Å². The van der Waals surface area contributed by atoms with Gasteiger partial charge in [0.05, 0.1) is 18.6 Å². The number of ether oxygens (including phenoxy) is 1. The first-order valence-corrected chi connectivity index (χ1v) is 12.4. The molecule has 5 rings (SSSR count). The van der Waals surface area contributed by atoms with Crippen LogP contribution in [0.4, 0.5) is 0 Å². The smallest absolute Gasteiger partial charge is 0.281 e. The predicted molar refractivity (Wildman–Crippen MR) is 125 cm³/mol. The lowest BCUT2D eigenvalue weighted by Crippen LogP contribution is -2.39. The molecule has 2 aromatic heterocycles. The fourth-order valence-corrected chi connectivity index (χ4v) is 5.74. The van der Waals surface area contributed by atoms with Gasteiger partial charge >= 0.3 is 0 Å². The second kappa shape index (κ2) is 8.99. The lowest BCUT2D eigenvalue weighted by atomic mass is 9.99. The Morgan fingerprint density at radius 2 is 1.88 bits per heavy atom. The van der Waals surface area contributed by atoms with E-state index in [0.717, 1.165) is 5.56 Å². The molecule has 11 heteroatoms. The molecule has 2 aromatic carbocycles. The molecule has 0 amide bonds. The monoisotopic (exact) mass is 480 g/mol. The van der Waals surface area contributed by atoms with Crippen LogP contribution in [-0.4, -0.2) is 57.9 Å². The van der Waals surface area contributed by atoms with Crippen molar-refractivity contribution in [3.05, 3.63) is 76.3 Å². The zero-order valence-electron chi connectivity index (χ0n) is 18.6. The zero-order valence-corrected chi connectivity index (χ0v) is 19.4. The van der Waals surface area contributed by atoms with E-state index in [9.17, 15) is 13.2 Å². The standard InChI is InChI=1S/C23H24N6O4S/c1-33-18-9-11-19(12-10-18)34(31,32)28-13-5-8-17(15-28)21-24-22-20(23(30)25-21)26-27-29(22)14-16-6-3-2-4-7-16/h2-4,6-7,9-12,17H,5,8,13-15H2,1H3,(H,24,25,30)/t17-/m0/s1. The maximum Gasteiger partial charge on any atom is 0.281 e. The van der Waals surface area contributed by atoms with Crippen LogP contribution in [0.15, 0.2) is 64.3 Å². The van der Waals surface area contributed by atoms with Gasteiger partial charge in [0.1, 0.15) is 11.6 Å². The molecule has 0 bridgehead atoms. The van der Waals surface area contributed by atoms with Gasteiger partial charge in [-0.05, 0) is 42.7 Å². The highest BCUT2D eigenvalue weighted by Crippen LogP contribution is 2.29. The predicted octanol–water partition coefficient (Wildman–Crippen LogP) is 2.14. The summed E-state index contributed by atoms with van der Waals surface area (Å²) in [5, 5.41) is 8.11. The molecule has 1 atom stereocenters. The fourth-order valence-electron chi connectivity index (χ4n) is 4.22. The van der Waals surface area contributed by atoms with Crippen molar-refractivity contribution >= 4 is 21.2 Å². The van der Waals surface area contributed by atoms with Crippen LogP contribution >= 0.6 is 0 Å². The van der Waals surface area contributed by atoms with E-state index in [1.807, 2.05) is 30.3 Å². The molecule has 1 saturated heterocycles. The molecule has 1 N–H and O–H groups in total. The first-order valence-electron chi connectivity index (χ1n) is 11.0. The molecule has 0 saturated carbocycles. The summed E-state index contributed by atoms with van der Waals surface area (Å²) in [6, 6.07) is 16.0. The van der Waals surface area contributed by atoms with E-state index in [1.54, 1.807) is 16.8 Å². The first-order chi connectivity index (χ1) is 16.5. The number of fused-ring (bicyclic) bond motifs is 1. The van der Waals surface area contributed by atoms with Crippen LogP contribution in [0.5, 0.6) is 5.75 Å². The number of aromatic nitrogens is 5. The van der Waals surface area contributed by atoms with Crippen LogP contribution in [0.2, 0.25) is 0 Å². The van der Waals surface area contributed by atoms with Gasteiger partial charge in [0, 0.05) is 19.0 Å². The molecule has 4 aromatic rings. The number of methoxy groups -OCH3 is 1. The van der Waals surface area contributed by atoms with Crippen molar-refractivity contribution in [2.45, 2.75) is 30.2 Å². The van der Waals surface area contributed by atoms with Crippen LogP contribution in [0.25, 0.3) is 11.2 Å². The number of rotatable bonds is 6. The number of H-pyrrole nitrogens is 1. The van der Waals surface area contributed by atoms with E-state index >= 15 is 0 Å². The molecule has 34 heavy (non-hydrogen) atoms. The topological polar surface area (TPSA) is 123 Å². The van der Waals surface area contributed by atoms with Gasteiger partial charge in [0.2, 0.25) is 10.0 Å². The van der Waals surface area contributed by atoms with Gasteiger partial charge in [-0.2, -0.15) is 4.31 Å². The summed E-state index contributed by atoms with van der Waals surface area (Å²) >= 11 is 0. The van der Waals surface area contributed by atoms with Gasteiger partial charge in [-0.25, -0.2) is 18.1 Å². The highest BCUT2D eigenvalue weighted by atomic mass is 32.2. The van der Waals surface area contributed by atoms with Crippen molar-refractivity contribution in [2.75, 3.05) is 20.2 Å². The maximum absolute atomic E-state index is 13.2. The van der Waals surface area contributed by atoms with Crippen molar-refractivity contribution in [1.29, 1.82) is 0 Å². The molecule has 0 aliphatic carbocycles. The van der Waals surface area contributed by atoms with Crippen molar-refractivity contribution in [1.82, 2.24) is 29.3 Å². The van der Waals surface area contributed by atoms with E-state index in [0.29, 0.717) is 43.2 Å². The molecule has 10 nitrogen and oxygen atoms in total. The third kappa shape index (κ3) is 4.19. The van der Waals surface area contributed by atoms with Crippen LogP contribution in [-0.2, 0) is 16.6 Å². The Labute approximate surface area is 196 Å². The summed E-state index contributed by atoms with van der Waals surface area (Å²) < 4.78 is 34.6. The van der Waals surface area contributed by atoms with Crippen molar-refractivity contribution in [2.24, 2.45) is 0 Å². The molecule has 0 radical (unpaired) electrons. The largest absolute Gasteiger partial charge is 0.497 e. The van der Waals surface area contributed by atoms with E-state index < -0.39 is 10.0 Å². The number of piperidine rings is 1. The molecule has 1 fully saturated rings. The summed E-state index contributed by atoms with van der Waals surface area (Å²) in [6.45, 7) is 1.06. The Balaban J connectivity index is 1.44. The minimum absolute atomic E-state index is 0.165. The molecule has 3 heterocycles. The Bertz CT molecular complexity index is 1470. The minimum atomic E-state index is -3.69. The molecule has 0 spiro atoms. The van der Waals surface area contributed by atoms with Gasteiger partial charge < -0.3 is 9.72 Å². The Morgan fingerprint density at radius 3 is 2.62 bits per heavy atom. The number of hydrogen-bond acceptors (Lipinski definition) is 7. The van der Waals surface area contributed by atoms with Crippen molar-refractivity contribution < 1.29 is 13.2 Å². The third-order valence-electron chi connectivity index (χ3n) is 6.04. The van der Waals surface area contributed by atoms with Gasteiger partial charge in [-0.3, -0.25) is 4.79 Å². The quantitative estimate of drug-likeness (QED) is 0.448. The number of sulfonamides is 1. The zero-order chi connectivity index (χ0) is 23.7. The van der Waals surface area contributed by atoms with Crippen LogP contribution < -0.4 is 10.3 Å². The van der Waals surface area contributed by atoms with E-state index in [4.69, 9.17) is 4.74 Å². The van der Waals surface area contributed by atoms with E-state index in [1.165, 1.54) is 23.5 Å². The minimum Gasteiger partial charge on any atom is -0.497 e. The summed E-state index contributed by atoms with van der Waals surface area (Å²) in [4.78, 5) is 20.4. The van der Waals surface area contributed by atoms with Gasteiger partial charge in [0.25, 0.3) is 5.56 Å². The third-order valence-corrected chi connectivity index (χ3v) is 7.91. The highest BCUT2D eigenvalue weighted by Gasteiger charge is 2.32. The molecule has 0 unspecified atom stereocenters. The second-order valence-electron chi connectivity index (χ2n) is 8.23. The normalized spacial score (nSPS) is 17.1. The number of nitrogens with zero attached hydrogens (tertiary/aromatic N) is 5. The van der Waals surface area contributed by atoms with Crippen LogP contribution in [0.3, 0.4) is 0 Å². The average Bonchev–Trinajstić information content (AvgIpc) is 3.28. The number of benzene rings is 2. The molecular weight excluding hydrogens is 456 g/mol. The van der Waals surface area contributed by atoms with Gasteiger partial charge in [-0.15, -0.1) is 5.10 Å². The Morgan fingerprint density at radius 1 is 1.12 bits per heavy atom. The Kier molecular flexibility index (Phi) is 5.88. The highest BCUT2D eigenvalue weighted by molar-refractivity contribution is 7.89. The molecule has 1 aliphatic rings. The van der Waals surface area contributed by atoms with Gasteiger partial charge in [-0.1, -0.05) is 35.5 Å². The lowest BCUT2D eigenvalue weighted by Gasteiger charge is -2.31. The summed E-state index contributed by atoms with van der Waals surface area (Å²) in [5.74, 6) is 0.786. The Hall–Kier alpha value is -3.57. The summed E-state index contributed by atoms with van der Waals surface area (Å²) in [6.07, 6.45) is 1.37. The summed E-state index contributed by atoms with van der Waals surface area (Å²) in [5.41, 5.74) is 1.18. The lowest BCUT2D eigenvalue weighted by molar-refractivity contribution is 0.309. The average molecular weight is 481 g/mol. The number of hydrogen-bond donors (Lipinski definition) is 1. The van der Waals surface area contributed by atoms with Crippen molar-refractivity contribution in [3.63, 3.8) is 0 Å². The second-order valence-corrected chi connectivity index (χ2v) is 10.2. The maximum atomic E-state index is 13.2. The molecule has 176 valence electrons. The molecule has 1 aliphatic heterocycles. The summed E-state index contributed by atoms with van der Waals surface area (Å²) in [7, 11) is -2.16. The van der Waals surface area contributed by atoms with Gasteiger partial charge in [0.15, 0.2) is 11.2 Å². The number of aromatic amines is 1. The van der Waals surface area contributed by atoms with Crippen LogP contribution in [0.1, 0.15) is 30.1 Å². The van der Waals surface area contributed by atoms with E-state index in [-0.39, 0.29) is 28.4 Å². The van der Waals surface area contributed by atoms with E-state index in [2.05, 4.69) is 20.3 Å². The number of nitrogens with one attached hydrogen (secondary N) is 1.